The third kappa shape index (κ3) is 1.23. The van der Waals surface area contributed by atoms with Crippen molar-refractivity contribution in [3.8, 4) is 0 Å². The number of hydroxylamine groups is 1. The highest BCUT2D eigenvalue weighted by molar-refractivity contribution is 5.78. The van der Waals surface area contributed by atoms with Crippen molar-refractivity contribution in [3.63, 3.8) is 0 Å². The molecule has 1 aliphatic heterocycles. The van der Waals surface area contributed by atoms with E-state index in [0.717, 1.165) is 6.42 Å². The zero-order valence-corrected chi connectivity index (χ0v) is 6.56. The average molecular weight is 128 g/mol. The van der Waals surface area contributed by atoms with Crippen molar-refractivity contribution in [2.45, 2.75) is 32.8 Å². The summed E-state index contributed by atoms with van der Waals surface area (Å²) in [7, 11) is 1.95. The van der Waals surface area contributed by atoms with Crippen LogP contribution in [0.1, 0.15) is 27.2 Å². The third-order valence-electron chi connectivity index (χ3n) is 1.60. The van der Waals surface area contributed by atoms with Gasteiger partial charge in [0.2, 0.25) is 5.71 Å². The molecule has 2 heteroatoms. The smallest absolute Gasteiger partial charge is 0.205 e. The van der Waals surface area contributed by atoms with Crippen molar-refractivity contribution in [2.24, 2.45) is 0 Å². The fourth-order valence-electron chi connectivity index (χ4n) is 1.21. The number of rotatable bonds is 0. The van der Waals surface area contributed by atoms with Gasteiger partial charge in [-0.1, -0.05) is 0 Å². The zero-order valence-electron chi connectivity index (χ0n) is 6.56. The second-order valence-electron chi connectivity index (χ2n) is 3.26. The van der Waals surface area contributed by atoms with Gasteiger partial charge in [-0.2, -0.15) is 0 Å². The van der Waals surface area contributed by atoms with Gasteiger partial charge in [0.25, 0.3) is 0 Å². The zero-order chi connectivity index (χ0) is 7.07. The summed E-state index contributed by atoms with van der Waals surface area (Å²) >= 11 is 0. The van der Waals surface area contributed by atoms with Gasteiger partial charge in [-0.15, -0.1) is 0 Å². The summed E-state index contributed by atoms with van der Waals surface area (Å²) in [5.41, 5.74) is 1.33. The summed E-state index contributed by atoms with van der Waals surface area (Å²) in [6, 6.07) is 0. The molecule has 0 unspecified atom stereocenters. The molecule has 1 aliphatic rings. The molecule has 1 heterocycles. The topological polar surface area (TPSA) is 12.2 Å². The second-order valence-corrected chi connectivity index (χ2v) is 3.26. The Bertz CT molecular complexity index is 142. The van der Waals surface area contributed by atoms with Gasteiger partial charge in [-0.3, -0.25) is 4.84 Å². The average Bonchev–Trinajstić information content (AvgIpc) is 1.79. The molecule has 2 nitrogen and oxygen atoms in total. The van der Waals surface area contributed by atoms with Gasteiger partial charge in [0, 0.05) is 6.92 Å². The minimum absolute atomic E-state index is 0.0266. The van der Waals surface area contributed by atoms with E-state index in [4.69, 9.17) is 4.84 Å². The van der Waals surface area contributed by atoms with Crippen LogP contribution in [0.4, 0.5) is 0 Å². The van der Waals surface area contributed by atoms with Gasteiger partial charge in [-0.25, -0.2) is 0 Å². The SMILES string of the molecule is CC1=[N+](C)OC(C)(C)C1. The van der Waals surface area contributed by atoms with E-state index in [0.29, 0.717) is 0 Å². The fraction of sp³-hybridized carbons (Fsp3) is 0.857. The first-order valence-electron chi connectivity index (χ1n) is 3.26. The third-order valence-corrected chi connectivity index (χ3v) is 1.60. The minimum atomic E-state index is 0.0266. The minimum Gasteiger partial charge on any atom is -0.271 e. The van der Waals surface area contributed by atoms with Gasteiger partial charge in [0.15, 0.2) is 12.6 Å². The molecule has 0 aromatic carbocycles. The molecule has 0 atom stereocenters. The normalized spacial score (nSPS) is 24.4. The summed E-state index contributed by atoms with van der Waals surface area (Å²) < 4.78 is 1.85. The van der Waals surface area contributed by atoms with Crippen molar-refractivity contribution in [1.82, 2.24) is 0 Å². The quantitative estimate of drug-likeness (QED) is 0.446. The Labute approximate surface area is 56.1 Å². The van der Waals surface area contributed by atoms with E-state index in [2.05, 4.69) is 20.8 Å². The molecule has 0 bridgehead atoms. The maximum atomic E-state index is 5.46. The second kappa shape index (κ2) is 1.72. The lowest BCUT2D eigenvalue weighted by atomic mass is 10.0. The first-order chi connectivity index (χ1) is 4.01. The van der Waals surface area contributed by atoms with E-state index in [1.807, 2.05) is 11.8 Å². The molecular weight excluding hydrogens is 114 g/mol. The molecule has 0 aromatic heterocycles. The van der Waals surface area contributed by atoms with Crippen LogP contribution in [-0.4, -0.2) is 23.1 Å². The van der Waals surface area contributed by atoms with Gasteiger partial charge >= 0.3 is 0 Å². The van der Waals surface area contributed by atoms with Crippen molar-refractivity contribution in [1.29, 1.82) is 0 Å². The van der Waals surface area contributed by atoms with E-state index < -0.39 is 0 Å². The molecule has 0 aromatic rings. The van der Waals surface area contributed by atoms with Crippen LogP contribution >= 0.6 is 0 Å². The van der Waals surface area contributed by atoms with Gasteiger partial charge in [-0.05, 0) is 18.6 Å². The number of nitrogens with zero attached hydrogens (tertiary/aromatic N) is 1. The molecule has 0 saturated heterocycles. The molecule has 0 radical (unpaired) electrons. The number of hydrogen-bond donors (Lipinski definition) is 0. The summed E-state index contributed by atoms with van der Waals surface area (Å²) in [4.78, 5) is 5.46. The highest BCUT2D eigenvalue weighted by Gasteiger charge is 2.35. The van der Waals surface area contributed by atoms with Crippen LogP contribution in [0, 0.1) is 0 Å². The number of hydrogen-bond acceptors (Lipinski definition) is 1. The van der Waals surface area contributed by atoms with Gasteiger partial charge in [0.05, 0.1) is 6.42 Å². The predicted molar refractivity (Wildman–Crippen MR) is 36.6 cm³/mol. The molecular formula is C7H14NO+. The predicted octanol–water partition coefficient (Wildman–Crippen LogP) is 1.20. The first kappa shape index (κ1) is 6.59. The molecule has 1 rings (SSSR count). The lowest BCUT2D eigenvalue weighted by Crippen LogP contribution is -2.20. The molecule has 0 amide bonds. The van der Waals surface area contributed by atoms with Crippen LogP contribution in [0.5, 0.6) is 0 Å². The molecule has 0 fully saturated rings. The lowest BCUT2D eigenvalue weighted by Gasteiger charge is -2.09. The molecule has 0 N–H and O–H groups in total. The van der Waals surface area contributed by atoms with Crippen LogP contribution in [0.2, 0.25) is 0 Å². The van der Waals surface area contributed by atoms with Crippen LogP contribution in [0.15, 0.2) is 0 Å². The summed E-state index contributed by atoms with van der Waals surface area (Å²) in [6.45, 7) is 6.29. The molecule has 9 heavy (non-hydrogen) atoms. The Morgan fingerprint density at radius 3 is 2.22 bits per heavy atom. The van der Waals surface area contributed by atoms with E-state index in [9.17, 15) is 0 Å². The molecule has 0 spiro atoms. The van der Waals surface area contributed by atoms with Crippen molar-refractivity contribution in [2.75, 3.05) is 7.05 Å². The van der Waals surface area contributed by atoms with Crippen LogP contribution < -0.4 is 0 Å². The summed E-state index contributed by atoms with van der Waals surface area (Å²) in [5.74, 6) is 0. The van der Waals surface area contributed by atoms with E-state index in [-0.39, 0.29) is 5.60 Å². The molecule has 52 valence electrons. The van der Waals surface area contributed by atoms with Gasteiger partial charge < -0.3 is 0 Å². The van der Waals surface area contributed by atoms with E-state index >= 15 is 0 Å². The maximum Gasteiger partial charge on any atom is 0.205 e. The van der Waals surface area contributed by atoms with Gasteiger partial charge in [0.1, 0.15) is 0 Å². The van der Waals surface area contributed by atoms with Crippen LogP contribution in [-0.2, 0) is 4.84 Å². The van der Waals surface area contributed by atoms with Crippen molar-refractivity contribution < 1.29 is 9.58 Å². The standard InChI is InChI=1S/C7H14NO/c1-6-5-7(2,3)9-8(6)4/h5H2,1-4H3/q+1. The Hall–Kier alpha value is -0.530. The Balaban J connectivity index is 2.70. The Morgan fingerprint density at radius 2 is 2.11 bits per heavy atom. The lowest BCUT2D eigenvalue weighted by molar-refractivity contribution is -0.776. The van der Waals surface area contributed by atoms with E-state index in [1.54, 1.807) is 0 Å². The molecule has 0 saturated carbocycles. The Morgan fingerprint density at radius 1 is 1.56 bits per heavy atom. The summed E-state index contributed by atoms with van der Waals surface area (Å²) in [6.07, 6.45) is 1.05. The van der Waals surface area contributed by atoms with E-state index in [1.165, 1.54) is 5.71 Å². The first-order valence-corrected chi connectivity index (χ1v) is 3.26. The fourth-order valence-corrected chi connectivity index (χ4v) is 1.21. The molecule has 0 aliphatic carbocycles. The van der Waals surface area contributed by atoms with Crippen LogP contribution in [0.3, 0.4) is 0 Å². The maximum absolute atomic E-state index is 5.46. The highest BCUT2D eigenvalue weighted by atomic mass is 16.7. The Kier molecular flexibility index (Phi) is 1.26. The van der Waals surface area contributed by atoms with Crippen molar-refractivity contribution in [3.05, 3.63) is 0 Å². The van der Waals surface area contributed by atoms with Crippen LogP contribution in [0.25, 0.3) is 0 Å². The summed E-state index contributed by atoms with van der Waals surface area (Å²) in [5, 5.41) is 0. The highest BCUT2D eigenvalue weighted by Crippen LogP contribution is 2.20. The van der Waals surface area contributed by atoms with Crippen molar-refractivity contribution >= 4 is 5.71 Å². The largest absolute Gasteiger partial charge is 0.271 e. The monoisotopic (exact) mass is 128 g/mol.